The van der Waals surface area contributed by atoms with Gasteiger partial charge in [0.15, 0.2) is 0 Å². The number of nitrogens with one attached hydrogen (secondary N) is 1. The number of amides is 1. The lowest BCUT2D eigenvalue weighted by Crippen LogP contribution is -2.27. The fourth-order valence-corrected chi connectivity index (χ4v) is 3.41. The van der Waals surface area contributed by atoms with Crippen molar-refractivity contribution in [2.45, 2.75) is 25.1 Å². The summed E-state index contributed by atoms with van der Waals surface area (Å²) in [6.07, 6.45) is 0. The van der Waals surface area contributed by atoms with Crippen molar-refractivity contribution < 1.29 is 9.21 Å². The van der Waals surface area contributed by atoms with Crippen LogP contribution in [-0.4, -0.2) is 21.9 Å². The van der Waals surface area contributed by atoms with E-state index in [4.69, 9.17) is 4.42 Å². The molecule has 0 bridgehead atoms. The number of hydrogen-bond acceptors (Lipinski definition) is 6. The van der Waals surface area contributed by atoms with Crippen LogP contribution in [0.15, 0.2) is 51.4 Å². The van der Waals surface area contributed by atoms with E-state index in [9.17, 15) is 4.79 Å². The van der Waals surface area contributed by atoms with Gasteiger partial charge in [0.25, 0.3) is 5.22 Å². The molecule has 3 rings (SSSR count). The van der Waals surface area contributed by atoms with Crippen LogP contribution >= 0.6 is 23.1 Å². The second kappa shape index (κ2) is 7.63. The summed E-state index contributed by atoms with van der Waals surface area (Å²) in [5, 5.41) is 13.4. The monoisotopic (exact) mass is 359 g/mol. The van der Waals surface area contributed by atoms with Gasteiger partial charge < -0.3 is 9.73 Å². The molecule has 1 aromatic carbocycles. The van der Waals surface area contributed by atoms with Crippen molar-refractivity contribution in [3.05, 3.63) is 52.2 Å². The fraction of sp³-hybridized carbons (Fsp3) is 0.235. The number of hydrogen-bond donors (Lipinski definition) is 1. The first-order valence-electron chi connectivity index (χ1n) is 7.48. The summed E-state index contributed by atoms with van der Waals surface area (Å²) >= 11 is 2.86. The highest BCUT2D eigenvalue weighted by molar-refractivity contribution is 7.99. The Balaban J connectivity index is 1.53. The second-order valence-corrected chi connectivity index (χ2v) is 7.24. The minimum Gasteiger partial charge on any atom is -0.411 e. The van der Waals surface area contributed by atoms with Crippen LogP contribution in [0.2, 0.25) is 0 Å². The topological polar surface area (TPSA) is 68.0 Å². The lowest BCUT2D eigenvalue weighted by Gasteiger charge is -2.11. The molecule has 1 amide bonds. The molecular weight excluding hydrogens is 342 g/mol. The van der Waals surface area contributed by atoms with E-state index in [2.05, 4.69) is 15.5 Å². The molecule has 0 radical (unpaired) electrons. The summed E-state index contributed by atoms with van der Waals surface area (Å²) < 4.78 is 5.60. The van der Waals surface area contributed by atoms with E-state index >= 15 is 0 Å². The molecule has 0 spiro atoms. The van der Waals surface area contributed by atoms with Crippen LogP contribution in [0.25, 0.3) is 11.5 Å². The molecule has 2 aromatic heterocycles. The number of aromatic nitrogens is 2. The predicted molar refractivity (Wildman–Crippen MR) is 96.1 cm³/mol. The van der Waals surface area contributed by atoms with Gasteiger partial charge in [-0.05, 0) is 37.4 Å². The third kappa shape index (κ3) is 4.24. The Morgan fingerprint density at radius 1 is 1.29 bits per heavy atom. The lowest BCUT2D eigenvalue weighted by molar-refractivity contribution is -0.119. The van der Waals surface area contributed by atoms with E-state index in [1.165, 1.54) is 17.3 Å². The number of aryl methyl sites for hydroxylation is 1. The zero-order valence-corrected chi connectivity index (χ0v) is 15.0. The van der Waals surface area contributed by atoms with Crippen molar-refractivity contribution in [3.8, 4) is 11.5 Å². The predicted octanol–water partition coefficient (Wildman–Crippen LogP) is 4.08. The van der Waals surface area contributed by atoms with E-state index in [0.29, 0.717) is 11.1 Å². The van der Waals surface area contributed by atoms with Gasteiger partial charge in [0.05, 0.1) is 11.8 Å². The van der Waals surface area contributed by atoms with Crippen molar-refractivity contribution in [2.75, 3.05) is 5.75 Å². The van der Waals surface area contributed by atoms with E-state index in [1.807, 2.05) is 55.6 Å². The molecule has 0 saturated heterocycles. The van der Waals surface area contributed by atoms with Gasteiger partial charge in [-0.25, -0.2) is 0 Å². The van der Waals surface area contributed by atoms with Crippen molar-refractivity contribution in [1.82, 2.24) is 15.5 Å². The van der Waals surface area contributed by atoms with Gasteiger partial charge in [-0.1, -0.05) is 35.5 Å². The molecule has 124 valence electrons. The Labute approximate surface area is 148 Å². The second-order valence-electron chi connectivity index (χ2n) is 5.33. The van der Waals surface area contributed by atoms with Gasteiger partial charge in [-0.3, -0.25) is 4.79 Å². The Hall–Kier alpha value is -2.12. The first-order chi connectivity index (χ1) is 11.6. The van der Waals surface area contributed by atoms with Crippen molar-refractivity contribution in [3.63, 3.8) is 0 Å². The maximum absolute atomic E-state index is 12.0. The minimum absolute atomic E-state index is 0.00362. The summed E-state index contributed by atoms with van der Waals surface area (Å²) in [7, 11) is 0. The highest BCUT2D eigenvalue weighted by Gasteiger charge is 2.13. The highest BCUT2D eigenvalue weighted by atomic mass is 32.2. The van der Waals surface area contributed by atoms with Crippen LogP contribution in [0.5, 0.6) is 0 Å². The minimum atomic E-state index is -0.0593. The number of thiophene rings is 1. The van der Waals surface area contributed by atoms with Crippen molar-refractivity contribution >= 4 is 29.0 Å². The van der Waals surface area contributed by atoms with Crippen LogP contribution < -0.4 is 5.32 Å². The Bertz CT molecular complexity index is 798. The standard InChI is InChI=1S/C17H17N3O2S2/c1-11-5-7-13(8-6-11)16-19-20-17(22-16)24-10-15(21)18-12(2)14-4-3-9-23-14/h3-9,12H,10H2,1-2H3,(H,18,21)/t12-/m1/s1. The molecule has 0 aliphatic rings. The van der Waals surface area contributed by atoms with Gasteiger partial charge in [0.2, 0.25) is 11.8 Å². The van der Waals surface area contributed by atoms with Crippen LogP contribution in [0.4, 0.5) is 0 Å². The Kier molecular flexibility index (Phi) is 5.32. The van der Waals surface area contributed by atoms with E-state index in [-0.39, 0.29) is 17.7 Å². The van der Waals surface area contributed by atoms with Gasteiger partial charge in [-0.15, -0.1) is 21.5 Å². The number of thioether (sulfide) groups is 1. The Morgan fingerprint density at radius 2 is 2.08 bits per heavy atom. The molecule has 3 aromatic rings. The van der Waals surface area contributed by atoms with Crippen LogP contribution in [0.3, 0.4) is 0 Å². The van der Waals surface area contributed by atoms with Crippen LogP contribution in [-0.2, 0) is 4.79 Å². The smallest absolute Gasteiger partial charge is 0.277 e. The number of nitrogens with zero attached hydrogens (tertiary/aromatic N) is 2. The van der Waals surface area contributed by atoms with Crippen molar-refractivity contribution in [1.29, 1.82) is 0 Å². The molecule has 5 nitrogen and oxygen atoms in total. The largest absolute Gasteiger partial charge is 0.411 e. The molecule has 0 unspecified atom stereocenters. The zero-order valence-electron chi connectivity index (χ0n) is 13.4. The van der Waals surface area contributed by atoms with E-state index in [0.717, 1.165) is 10.4 Å². The maximum Gasteiger partial charge on any atom is 0.277 e. The zero-order chi connectivity index (χ0) is 16.9. The molecule has 0 fully saturated rings. The lowest BCUT2D eigenvalue weighted by atomic mass is 10.1. The maximum atomic E-state index is 12.0. The molecule has 0 saturated carbocycles. The summed E-state index contributed by atoms with van der Waals surface area (Å²) in [6.45, 7) is 3.99. The van der Waals surface area contributed by atoms with E-state index < -0.39 is 0 Å². The molecule has 1 atom stereocenters. The summed E-state index contributed by atoms with van der Waals surface area (Å²) in [6, 6.07) is 11.8. The molecule has 7 heteroatoms. The van der Waals surface area contributed by atoms with Gasteiger partial charge in [-0.2, -0.15) is 0 Å². The third-order valence-corrected chi connectivity index (χ3v) is 5.25. The van der Waals surface area contributed by atoms with Crippen molar-refractivity contribution in [2.24, 2.45) is 0 Å². The number of benzene rings is 1. The summed E-state index contributed by atoms with van der Waals surface area (Å²) in [5.41, 5.74) is 2.04. The fourth-order valence-electron chi connectivity index (χ4n) is 2.10. The average molecular weight is 359 g/mol. The molecule has 24 heavy (non-hydrogen) atoms. The first-order valence-corrected chi connectivity index (χ1v) is 9.34. The summed E-state index contributed by atoms with van der Waals surface area (Å²) in [4.78, 5) is 13.2. The van der Waals surface area contributed by atoms with Gasteiger partial charge in [0, 0.05) is 10.4 Å². The molecule has 1 N–H and O–H groups in total. The Morgan fingerprint density at radius 3 is 2.79 bits per heavy atom. The quantitative estimate of drug-likeness (QED) is 0.672. The number of rotatable bonds is 6. The SMILES string of the molecule is Cc1ccc(-c2nnc(SCC(=O)N[C@H](C)c3cccs3)o2)cc1. The molecule has 0 aliphatic carbocycles. The van der Waals surface area contributed by atoms with Gasteiger partial charge in [0.1, 0.15) is 0 Å². The van der Waals surface area contributed by atoms with Gasteiger partial charge >= 0.3 is 0 Å². The normalized spacial score (nSPS) is 12.1. The molecule has 2 heterocycles. The first kappa shape index (κ1) is 16.7. The average Bonchev–Trinajstić information content (AvgIpc) is 3.25. The highest BCUT2D eigenvalue weighted by Crippen LogP contribution is 2.24. The van der Waals surface area contributed by atoms with E-state index in [1.54, 1.807) is 11.3 Å². The van der Waals surface area contributed by atoms with Crippen LogP contribution in [0.1, 0.15) is 23.4 Å². The number of carbonyl (C=O) groups excluding carboxylic acids is 1. The number of carbonyl (C=O) groups is 1. The molecule has 0 aliphatic heterocycles. The third-order valence-electron chi connectivity index (χ3n) is 3.38. The molecular formula is C17H17N3O2S2. The van der Waals surface area contributed by atoms with Crippen LogP contribution in [0, 0.1) is 6.92 Å². The summed E-state index contributed by atoms with van der Waals surface area (Å²) in [5.74, 6) is 0.645.